The van der Waals surface area contributed by atoms with Gasteiger partial charge in [0.1, 0.15) is 0 Å². The van der Waals surface area contributed by atoms with Crippen LogP contribution >= 0.6 is 11.6 Å². The standard InChI is InChI=1S/C17H25ClN2/c1-3-4-5-6-9-20-12-14(10-13(2)19)16-8-7-15(18)11-17(16)20/h7-8,11-13H,3-6,9-10,19H2,1-2H3. The van der Waals surface area contributed by atoms with Crippen LogP contribution < -0.4 is 5.73 Å². The molecule has 0 spiro atoms. The van der Waals surface area contributed by atoms with Crippen LogP contribution in [0.5, 0.6) is 0 Å². The van der Waals surface area contributed by atoms with Crippen LogP contribution in [0.4, 0.5) is 0 Å². The van der Waals surface area contributed by atoms with E-state index in [-0.39, 0.29) is 6.04 Å². The number of nitrogens with two attached hydrogens (primary N) is 1. The highest BCUT2D eigenvalue weighted by Gasteiger charge is 2.10. The Morgan fingerprint density at radius 3 is 2.75 bits per heavy atom. The van der Waals surface area contributed by atoms with Gasteiger partial charge in [-0.1, -0.05) is 43.9 Å². The van der Waals surface area contributed by atoms with Crippen molar-refractivity contribution in [1.29, 1.82) is 0 Å². The van der Waals surface area contributed by atoms with Gasteiger partial charge < -0.3 is 10.3 Å². The van der Waals surface area contributed by atoms with Crippen LogP contribution in [0.1, 0.15) is 45.1 Å². The van der Waals surface area contributed by atoms with Crippen LogP contribution in [0.3, 0.4) is 0 Å². The lowest BCUT2D eigenvalue weighted by molar-refractivity contribution is 0.592. The van der Waals surface area contributed by atoms with Crippen molar-refractivity contribution in [3.8, 4) is 0 Å². The normalized spacial score (nSPS) is 13.0. The lowest BCUT2D eigenvalue weighted by atomic mass is 10.1. The Bertz CT molecular complexity index is 557. The predicted octanol–water partition coefficient (Wildman–Crippen LogP) is 4.76. The molecule has 1 aromatic carbocycles. The van der Waals surface area contributed by atoms with Crippen molar-refractivity contribution in [2.24, 2.45) is 5.73 Å². The molecule has 0 radical (unpaired) electrons. The first kappa shape index (κ1) is 15.4. The highest BCUT2D eigenvalue weighted by atomic mass is 35.5. The number of fused-ring (bicyclic) bond motifs is 1. The SMILES string of the molecule is CCCCCCn1cc(CC(C)N)c2ccc(Cl)cc21. The van der Waals surface area contributed by atoms with Gasteiger partial charge in [0.25, 0.3) is 0 Å². The topological polar surface area (TPSA) is 30.9 Å². The van der Waals surface area contributed by atoms with Crippen LogP contribution in [-0.4, -0.2) is 10.6 Å². The zero-order valence-corrected chi connectivity index (χ0v) is 13.3. The van der Waals surface area contributed by atoms with Crippen molar-refractivity contribution in [3.05, 3.63) is 35.0 Å². The molecule has 3 heteroatoms. The number of aromatic nitrogens is 1. The first-order valence-corrected chi connectivity index (χ1v) is 8.02. The molecule has 2 N–H and O–H groups in total. The summed E-state index contributed by atoms with van der Waals surface area (Å²) in [5, 5.41) is 2.10. The van der Waals surface area contributed by atoms with E-state index in [2.05, 4.69) is 36.7 Å². The molecule has 1 heterocycles. The fraction of sp³-hybridized carbons (Fsp3) is 0.529. The number of hydrogen-bond donors (Lipinski definition) is 1. The molecule has 1 aromatic heterocycles. The highest BCUT2D eigenvalue weighted by Crippen LogP contribution is 2.26. The number of unbranched alkanes of at least 4 members (excludes halogenated alkanes) is 3. The molecular weight excluding hydrogens is 268 g/mol. The Morgan fingerprint density at radius 1 is 1.25 bits per heavy atom. The van der Waals surface area contributed by atoms with Crippen molar-refractivity contribution >= 4 is 22.5 Å². The summed E-state index contributed by atoms with van der Waals surface area (Å²) in [4.78, 5) is 0. The Kier molecular flexibility index (Phi) is 5.50. The molecule has 0 aliphatic carbocycles. The quantitative estimate of drug-likeness (QED) is 0.733. The third kappa shape index (κ3) is 3.77. The third-order valence-corrected chi connectivity index (χ3v) is 3.96. The van der Waals surface area contributed by atoms with E-state index < -0.39 is 0 Å². The van der Waals surface area contributed by atoms with Crippen molar-refractivity contribution in [1.82, 2.24) is 4.57 Å². The number of benzene rings is 1. The van der Waals surface area contributed by atoms with Crippen LogP contribution in [-0.2, 0) is 13.0 Å². The molecule has 0 saturated heterocycles. The van der Waals surface area contributed by atoms with E-state index in [1.54, 1.807) is 0 Å². The number of halogens is 1. The third-order valence-electron chi connectivity index (χ3n) is 3.72. The molecule has 0 amide bonds. The zero-order valence-electron chi connectivity index (χ0n) is 12.5. The fourth-order valence-electron chi connectivity index (χ4n) is 2.74. The van der Waals surface area contributed by atoms with Gasteiger partial charge in [0.15, 0.2) is 0 Å². The van der Waals surface area contributed by atoms with E-state index in [0.717, 1.165) is 18.0 Å². The molecule has 0 bridgehead atoms. The summed E-state index contributed by atoms with van der Waals surface area (Å²) < 4.78 is 2.34. The molecular formula is C17H25ClN2. The summed E-state index contributed by atoms with van der Waals surface area (Å²) in [5.74, 6) is 0. The highest BCUT2D eigenvalue weighted by molar-refractivity contribution is 6.31. The smallest absolute Gasteiger partial charge is 0.0498 e. The van der Waals surface area contributed by atoms with Gasteiger partial charge in [0.05, 0.1) is 0 Å². The monoisotopic (exact) mass is 292 g/mol. The van der Waals surface area contributed by atoms with Gasteiger partial charge in [-0.3, -0.25) is 0 Å². The summed E-state index contributed by atoms with van der Waals surface area (Å²) in [5.41, 5.74) is 8.53. The fourth-order valence-corrected chi connectivity index (χ4v) is 2.91. The van der Waals surface area contributed by atoms with Crippen molar-refractivity contribution < 1.29 is 0 Å². The molecule has 110 valence electrons. The molecule has 1 atom stereocenters. The van der Waals surface area contributed by atoms with Gasteiger partial charge in [0, 0.05) is 34.7 Å². The average molecular weight is 293 g/mol. The molecule has 0 saturated carbocycles. The van der Waals surface area contributed by atoms with Crippen LogP contribution in [0.25, 0.3) is 10.9 Å². The predicted molar refractivity (Wildman–Crippen MR) is 88.4 cm³/mol. The molecule has 0 fully saturated rings. The van der Waals surface area contributed by atoms with Gasteiger partial charge in [0.2, 0.25) is 0 Å². The van der Waals surface area contributed by atoms with E-state index in [4.69, 9.17) is 17.3 Å². The molecule has 2 rings (SSSR count). The molecule has 1 unspecified atom stereocenters. The largest absolute Gasteiger partial charge is 0.347 e. The first-order valence-electron chi connectivity index (χ1n) is 7.64. The number of hydrogen-bond acceptors (Lipinski definition) is 1. The molecule has 0 aliphatic rings. The minimum Gasteiger partial charge on any atom is -0.347 e. The maximum Gasteiger partial charge on any atom is 0.0498 e. The lowest BCUT2D eigenvalue weighted by Gasteiger charge is -2.05. The Balaban J connectivity index is 2.25. The van der Waals surface area contributed by atoms with E-state index in [9.17, 15) is 0 Å². The summed E-state index contributed by atoms with van der Waals surface area (Å²) >= 11 is 6.15. The Morgan fingerprint density at radius 2 is 2.05 bits per heavy atom. The van der Waals surface area contributed by atoms with Gasteiger partial charge in [-0.2, -0.15) is 0 Å². The zero-order chi connectivity index (χ0) is 14.5. The molecule has 20 heavy (non-hydrogen) atoms. The second kappa shape index (κ2) is 7.14. The van der Waals surface area contributed by atoms with Crippen LogP contribution in [0.2, 0.25) is 5.02 Å². The van der Waals surface area contributed by atoms with Gasteiger partial charge >= 0.3 is 0 Å². The van der Waals surface area contributed by atoms with Crippen LogP contribution in [0, 0.1) is 0 Å². The van der Waals surface area contributed by atoms with Gasteiger partial charge in [-0.05, 0) is 37.5 Å². The molecule has 0 aliphatic heterocycles. The number of rotatable bonds is 7. The lowest BCUT2D eigenvalue weighted by Crippen LogP contribution is -2.17. The van der Waals surface area contributed by atoms with Gasteiger partial charge in [-0.25, -0.2) is 0 Å². The van der Waals surface area contributed by atoms with Crippen molar-refractivity contribution in [2.45, 2.75) is 58.5 Å². The summed E-state index contributed by atoms with van der Waals surface area (Å²) in [6, 6.07) is 6.35. The average Bonchev–Trinajstić information content (AvgIpc) is 2.71. The first-order chi connectivity index (χ1) is 9.61. The second-order valence-electron chi connectivity index (χ2n) is 5.75. The summed E-state index contributed by atoms with van der Waals surface area (Å²) in [7, 11) is 0. The number of aryl methyl sites for hydroxylation is 1. The minimum atomic E-state index is 0.185. The van der Waals surface area contributed by atoms with Crippen molar-refractivity contribution in [2.75, 3.05) is 0 Å². The van der Waals surface area contributed by atoms with E-state index >= 15 is 0 Å². The Hall–Kier alpha value is -0.990. The van der Waals surface area contributed by atoms with Crippen LogP contribution in [0.15, 0.2) is 24.4 Å². The second-order valence-corrected chi connectivity index (χ2v) is 6.19. The van der Waals surface area contributed by atoms with E-state index in [1.807, 2.05) is 6.07 Å². The molecule has 2 aromatic rings. The Labute approximate surface area is 126 Å². The minimum absolute atomic E-state index is 0.185. The van der Waals surface area contributed by atoms with E-state index in [1.165, 1.54) is 42.1 Å². The maximum atomic E-state index is 6.15. The number of nitrogens with zero attached hydrogens (tertiary/aromatic N) is 1. The molecule has 2 nitrogen and oxygen atoms in total. The van der Waals surface area contributed by atoms with Crippen molar-refractivity contribution in [3.63, 3.8) is 0 Å². The van der Waals surface area contributed by atoms with E-state index in [0.29, 0.717) is 0 Å². The summed E-state index contributed by atoms with van der Waals surface area (Å²) in [6.45, 7) is 5.36. The van der Waals surface area contributed by atoms with Gasteiger partial charge in [-0.15, -0.1) is 0 Å². The maximum absolute atomic E-state index is 6.15. The summed E-state index contributed by atoms with van der Waals surface area (Å²) in [6.07, 6.45) is 8.28.